The SMILES string of the molecule is CC(C)c1ccccc1-n1c(Cl)nnc1C(C)(C)C. The molecule has 0 N–H and O–H groups in total. The smallest absolute Gasteiger partial charge is 0.229 e. The summed E-state index contributed by atoms with van der Waals surface area (Å²) in [6.07, 6.45) is 0. The van der Waals surface area contributed by atoms with E-state index in [4.69, 9.17) is 11.6 Å². The van der Waals surface area contributed by atoms with Gasteiger partial charge in [-0.1, -0.05) is 52.8 Å². The van der Waals surface area contributed by atoms with Crippen LogP contribution in [0.1, 0.15) is 51.9 Å². The third kappa shape index (κ3) is 2.66. The molecule has 0 atom stereocenters. The molecule has 0 aliphatic rings. The molecule has 2 aromatic rings. The number of nitrogens with zero attached hydrogens (tertiary/aromatic N) is 3. The van der Waals surface area contributed by atoms with Gasteiger partial charge in [-0.15, -0.1) is 10.2 Å². The second-order valence-electron chi connectivity index (χ2n) is 6.09. The van der Waals surface area contributed by atoms with E-state index < -0.39 is 0 Å². The molecule has 1 aromatic carbocycles. The van der Waals surface area contributed by atoms with Crippen LogP contribution in [0.4, 0.5) is 0 Å². The van der Waals surface area contributed by atoms with Crippen LogP contribution in [0.3, 0.4) is 0 Å². The van der Waals surface area contributed by atoms with E-state index in [2.05, 4.69) is 56.9 Å². The Morgan fingerprint density at radius 2 is 1.74 bits per heavy atom. The largest absolute Gasteiger partial charge is 0.269 e. The lowest BCUT2D eigenvalue weighted by molar-refractivity contribution is 0.532. The number of aromatic nitrogens is 3. The second kappa shape index (κ2) is 4.97. The summed E-state index contributed by atoms with van der Waals surface area (Å²) >= 11 is 6.25. The van der Waals surface area contributed by atoms with Crippen LogP contribution in [0, 0.1) is 0 Å². The van der Waals surface area contributed by atoms with Crippen molar-refractivity contribution in [2.24, 2.45) is 0 Å². The highest BCUT2D eigenvalue weighted by Gasteiger charge is 2.25. The number of halogens is 1. The van der Waals surface area contributed by atoms with E-state index in [9.17, 15) is 0 Å². The average Bonchev–Trinajstić information content (AvgIpc) is 2.70. The number of para-hydroxylation sites is 1. The maximum atomic E-state index is 6.25. The van der Waals surface area contributed by atoms with Gasteiger partial charge in [0.1, 0.15) is 5.82 Å². The minimum atomic E-state index is -0.107. The molecule has 0 fully saturated rings. The minimum Gasteiger partial charge on any atom is -0.269 e. The van der Waals surface area contributed by atoms with Crippen LogP contribution in [0.15, 0.2) is 24.3 Å². The van der Waals surface area contributed by atoms with Gasteiger partial charge in [0.15, 0.2) is 0 Å². The first kappa shape index (κ1) is 14.1. The van der Waals surface area contributed by atoms with Gasteiger partial charge in [0, 0.05) is 5.41 Å². The highest BCUT2D eigenvalue weighted by molar-refractivity contribution is 6.28. The minimum absolute atomic E-state index is 0.107. The highest BCUT2D eigenvalue weighted by atomic mass is 35.5. The molecule has 1 heterocycles. The van der Waals surface area contributed by atoms with E-state index in [1.54, 1.807) is 0 Å². The Morgan fingerprint density at radius 3 is 2.32 bits per heavy atom. The van der Waals surface area contributed by atoms with Crippen molar-refractivity contribution >= 4 is 11.6 Å². The zero-order chi connectivity index (χ0) is 14.2. The van der Waals surface area contributed by atoms with E-state index in [-0.39, 0.29) is 5.41 Å². The van der Waals surface area contributed by atoms with E-state index in [0.29, 0.717) is 11.2 Å². The van der Waals surface area contributed by atoms with Crippen LogP contribution >= 0.6 is 11.6 Å². The van der Waals surface area contributed by atoms with Crippen molar-refractivity contribution < 1.29 is 0 Å². The second-order valence-corrected chi connectivity index (χ2v) is 6.43. The summed E-state index contributed by atoms with van der Waals surface area (Å²) in [5, 5.41) is 8.70. The number of rotatable bonds is 2. The Bertz CT molecular complexity index is 579. The van der Waals surface area contributed by atoms with E-state index in [0.717, 1.165) is 11.5 Å². The molecule has 0 amide bonds. The summed E-state index contributed by atoms with van der Waals surface area (Å²) in [6, 6.07) is 8.26. The lowest BCUT2D eigenvalue weighted by atomic mass is 9.94. The van der Waals surface area contributed by atoms with Gasteiger partial charge in [-0.05, 0) is 29.1 Å². The average molecular weight is 278 g/mol. The Hall–Kier alpha value is -1.35. The summed E-state index contributed by atoms with van der Waals surface area (Å²) in [6.45, 7) is 10.7. The standard InChI is InChI=1S/C15H20ClN3/c1-10(2)11-8-6-7-9-12(11)19-13(15(3,4)5)17-18-14(19)16/h6-10H,1-5H3. The highest BCUT2D eigenvalue weighted by Crippen LogP contribution is 2.30. The van der Waals surface area contributed by atoms with Crippen LogP contribution in [0.5, 0.6) is 0 Å². The van der Waals surface area contributed by atoms with E-state index in [1.807, 2.05) is 16.7 Å². The number of hydrogen-bond acceptors (Lipinski definition) is 2. The first-order valence-electron chi connectivity index (χ1n) is 6.53. The van der Waals surface area contributed by atoms with Gasteiger partial charge in [-0.2, -0.15) is 0 Å². The quantitative estimate of drug-likeness (QED) is 0.817. The van der Waals surface area contributed by atoms with Gasteiger partial charge < -0.3 is 0 Å². The fourth-order valence-electron chi connectivity index (χ4n) is 2.14. The molecule has 2 rings (SSSR count). The molecular formula is C15H20ClN3. The van der Waals surface area contributed by atoms with Crippen LogP contribution in [-0.4, -0.2) is 14.8 Å². The topological polar surface area (TPSA) is 30.7 Å². The van der Waals surface area contributed by atoms with Crippen molar-refractivity contribution in [3.63, 3.8) is 0 Å². The maximum absolute atomic E-state index is 6.25. The van der Waals surface area contributed by atoms with Crippen LogP contribution in [0.25, 0.3) is 5.69 Å². The molecule has 102 valence electrons. The molecule has 0 unspecified atom stereocenters. The van der Waals surface area contributed by atoms with Crippen molar-refractivity contribution in [1.82, 2.24) is 14.8 Å². The van der Waals surface area contributed by atoms with Gasteiger partial charge in [0.25, 0.3) is 0 Å². The van der Waals surface area contributed by atoms with Crippen molar-refractivity contribution in [3.8, 4) is 5.69 Å². The van der Waals surface area contributed by atoms with Crippen molar-refractivity contribution in [2.45, 2.75) is 46.0 Å². The molecule has 0 spiro atoms. The van der Waals surface area contributed by atoms with Gasteiger partial charge in [0.2, 0.25) is 5.28 Å². The Balaban J connectivity index is 2.70. The zero-order valence-corrected chi connectivity index (χ0v) is 12.9. The number of hydrogen-bond donors (Lipinski definition) is 0. The monoisotopic (exact) mass is 277 g/mol. The zero-order valence-electron chi connectivity index (χ0n) is 12.1. The molecule has 0 aliphatic heterocycles. The molecular weight excluding hydrogens is 258 g/mol. The molecule has 1 aromatic heterocycles. The van der Waals surface area contributed by atoms with E-state index >= 15 is 0 Å². The summed E-state index contributed by atoms with van der Waals surface area (Å²) in [4.78, 5) is 0. The molecule has 0 radical (unpaired) electrons. The molecule has 0 bridgehead atoms. The summed E-state index contributed by atoms with van der Waals surface area (Å²) in [5.41, 5.74) is 2.21. The molecule has 4 heteroatoms. The molecule has 0 saturated carbocycles. The first-order chi connectivity index (χ1) is 8.82. The fourth-order valence-corrected chi connectivity index (χ4v) is 2.35. The Labute approximate surface area is 119 Å². The van der Waals surface area contributed by atoms with Crippen molar-refractivity contribution in [1.29, 1.82) is 0 Å². The molecule has 0 saturated heterocycles. The summed E-state index contributed by atoms with van der Waals surface area (Å²) < 4.78 is 1.96. The van der Waals surface area contributed by atoms with Gasteiger partial charge in [0.05, 0.1) is 5.69 Å². The summed E-state index contributed by atoms with van der Waals surface area (Å²) in [7, 11) is 0. The Morgan fingerprint density at radius 1 is 1.11 bits per heavy atom. The number of benzene rings is 1. The lowest BCUT2D eigenvalue weighted by Gasteiger charge is -2.21. The maximum Gasteiger partial charge on any atom is 0.229 e. The van der Waals surface area contributed by atoms with Crippen LogP contribution in [-0.2, 0) is 5.41 Å². The van der Waals surface area contributed by atoms with E-state index in [1.165, 1.54) is 5.56 Å². The molecule has 3 nitrogen and oxygen atoms in total. The predicted octanol–water partition coefficient (Wildman–Crippen LogP) is 4.34. The third-order valence-corrected chi connectivity index (χ3v) is 3.34. The molecule has 19 heavy (non-hydrogen) atoms. The van der Waals surface area contributed by atoms with Gasteiger partial charge in [-0.3, -0.25) is 4.57 Å². The fraction of sp³-hybridized carbons (Fsp3) is 0.467. The predicted molar refractivity (Wildman–Crippen MR) is 79.2 cm³/mol. The molecule has 0 aliphatic carbocycles. The summed E-state index contributed by atoms with van der Waals surface area (Å²) in [5.74, 6) is 1.30. The first-order valence-corrected chi connectivity index (χ1v) is 6.91. The normalized spacial score (nSPS) is 12.2. The van der Waals surface area contributed by atoms with Crippen LogP contribution in [0.2, 0.25) is 5.28 Å². The third-order valence-electron chi connectivity index (χ3n) is 3.09. The van der Waals surface area contributed by atoms with Gasteiger partial charge >= 0.3 is 0 Å². The van der Waals surface area contributed by atoms with Crippen LogP contribution < -0.4 is 0 Å². The van der Waals surface area contributed by atoms with Crippen molar-refractivity contribution in [3.05, 3.63) is 40.9 Å². The Kier molecular flexibility index (Phi) is 3.68. The van der Waals surface area contributed by atoms with Crippen molar-refractivity contribution in [2.75, 3.05) is 0 Å². The lowest BCUT2D eigenvalue weighted by Crippen LogP contribution is -2.19. The van der Waals surface area contributed by atoms with Gasteiger partial charge in [-0.25, -0.2) is 0 Å².